The highest BCUT2D eigenvalue weighted by molar-refractivity contribution is 5.46. The molecule has 2 unspecified atom stereocenters. The number of rotatable bonds is 0. The Morgan fingerprint density at radius 2 is 2.00 bits per heavy atom. The number of benzene rings is 1. The van der Waals surface area contributed by atoms with Gasteiger partial charge in [-0.05, 0) is 29.9 Å². The number of hydrogen-bond donors (Lipinski definition) is 1. The maximum Gasteiger partial charge on any atom is 0.0826 e. The Hall–Kier alpha value is -0.820. The molecule has 0 saturated heterocycles. The van der Waals surface area contributed by atoms with Gasteiger partial charge >= 0.3 is 0 Å². The summed E-state index contributed by atoms with van der Waals surface area (Å²) >= 11 is 0. The molecular formula is C12H14O. The van der Waals surface area contributed by atoms with Gasteiger partial charge in [0.25, 0.3) is 0 Å². The number of fused-ring (bicyclic) bond motifs is 2. The molecule has 0 radical (unpaired) electrons. The zero-order chi connectivity index (χ0) is 9.05. The summed E-state index contributed by atoms with van der Waals surface area (Å²) in [5.74, 6) is 0.421. The highest BCUT2D eigenvalue weighted by atomic mass is 16.3. The summed E-state index contributed by atoms with van der Waals surface area (Å²) in [6, 6.07) is 8.37. The van der Waals surface area contributed by atoms with E-state index >= 15 is 0 Å². The normalized spacial score (nSPS) is 33.4. The highest BCUT2D eigenvalue weighted by Gasteiger charge is 2.56. The fraction of sp³-hybridized carbons (Fsp3) is 0.500. The van der Waals surface area contributed by atoms with Crippen molar-refractivity contribution < 1.29 is 5.11 Å². The fourth-order valence-electron chi connectivity index (χ4n) is 2.88. The monoisotopic (exact) mass is 174 g/mol. The van der Waals surface area contributed by atoms with E-state index in [-0.39, 0.29) is 6.10 Å². The van der Waals surface area contributed by atoms with E-state index in [1.165, 1.54) is 24.0 Å². The van der Waals surface area contributed by atoms with Crippen LogP contribution in [0.4, 0.5) is 0 Å². The molecule has 0 heterocycles. The molecule has 1 saturated carbocycles. The Labute approximate surface area is 78.4 Å². The van der Waals surface area contributed by atoms with Crippen molar-refractivity contribution in [2.24, 2.45) is 5.92 Å². The molecule has 0 aliphatic heterocycles. The van der Waals surface area contributed by atoms with Gasteiger partial charge in [-0.15, -0.1) is 0 Å². The van der Waals surface area contributed by atoms with E-state index in [4.69, 9.17) is 0 Å². The van der Waals surface area contributed by atoms with Crippen LogP contribution in [-0.2, 0) is 5.41 Å². The molecule has 1 heteroatoms. The van der Waals surface area contributed by atoms with Crippen LogP contribution in [0.2, 0.25) is 0 Å². The lowest BCUT2D eigenvalue weighted by Crippen LogP contribution is -2.13. The molecule has 1 nitrogen and oxygen atoms in total. The predicted molar refractivity (Wildman–Crippen MR) is 51.5 cm³/mol. The van der Waals surface area contributed by atoms with Crippen molar-refractivity contribution in [1.82, 2.24) is 0 Å². The van der Waals surface area contributed by atoms with Crippen molar-refractivity contribution in [1.29, 1.82) is 0 Å². The Balaban J connectivity index is 2.22. The minimum atomic E-state index is -0.223. The standard InChI is InChI=1S/C12H14O/c1-8-11(13)9-4-2-3-5-10(9)12(8)6-7-12/h2-5,8,11,13H,6-7H2,1H3. The van der Waals surface area contributed by atoms with Gasteiger partial charge in [-0.3, -0.25) is 0 Å². The van der Waals surface area contributed by atoms with Gasteiger partial charge in [0, 0.05) is 5.41 Å². The molecular weight excluding hydrogens is 160 g/mol. The zero-order valence-electron chi connectivity index (χ0n) is 7.83. The number of aliphatic hydroxyl groups is 1. The molecule has 1 aromatic carbocycles. The smallest absolute Gasteiger partial charge is 0.0826 e. The lowest BCUT2D eigenvalue weighted by atomic mass is 9.90. The van der Waals surface area contributed by atoms with E-state index in [9.17, 15) is 5.11 Å². The third-order valence-electron chi connectivity index (χ3n) is 3.95. The van der Waals surface area contributed by atoms with Gasteiger partial charge in [0.05, 0.1) is 6.10 Å². The minimum absolute atomic E-state index is 0.223. The first-order valence-electron chi connectivity index (χ1n) is 5.03. The molecule has 3 rings (SSSR count). The average Bonchev–Trinajstić information content (AvgIpc) is 2.93. The molecule has 2 aliphatic rings. The van der Waals surface area contributed by atoms with Gasteiger partial charge in [-0.1, -0.05) is 31.2 Å². The minimum Gasteiger partial charge on any atom is -0.388 e. The topological polar surface area (TPSA) is 20.2 Å². The van der Waals surface area contributed by atoms with Crippen molar-refractivity contribution in [3.63, 3.8) is 0 Å². The summed E-state index contributed by atoms with van der Waals surface area (Å²) in [6.45, 7) is 2.18. The Morgan fingerprint density at radius 3 is 2.69 bits per heavy atom. The fourth-order valence-corrected chi connectivity index (χ4v) is 2.88. The van der Waals surface area contributed by atoms with E-state index in [2.05, 4.69) is 25.1 Å². The van der Waals surface area contributed by atoms with E-state index in [1.807, 2.05) is 6.07 Å². The molecule has 2 aliphatic carbocycles. The zero-order valence-corrected chi connectivity index (χ0v) is 7.83. The molecule has 2 atom stereocenters. The SMILES string of the molecule is CC1C(O)c2ccccc2C12CC2. The Bertz CT molecular complexity index is 352. The van der Waals surface area contributed by atoms with E-state index in [0.29, 0.717) is 11.3 Å². The highest BCUT2D eigenvalue weighted by Crippen LogP contribution is 2.63. The second-order valence-electron chi connectivity index (χ2n) is 4.48. The summed E-state index contributed by atoms with van der Waals surface area (Å²) in [5.41, 5.74) is 2.94. The van der Waals surface area contributed by atoms with Crippen molar-refractivity contribution in [2.45, 2.75) is 31.3 Å². The van der Waals surface area contributed by atoms with Crippen LogP contribution in [0, 0.1) is 5.92 Å². The summed E-state index contributed by atoms with van der Waals surface area (Å²) in [6.07, 6.45) is 2.31. The van der Waals surface area contributed by atoms with Crippen LogP contribution in [0.15, 0.2) is 24.3 Å². The summed E-state index contributed by atoms with van der Waals surface area (Å²) in [7, 11) is 0. The average molecular weight is 174 g/mol. The first-order valence-corrected chi connectivity index (χ1v) is 5.03. The van der Waals surface area contributed by atoms with Gasteiger partial charge in [0.2, 0.25) is 0 Å². The summed E-state index contributed by atoms with van der Waals surface area (Å²) < 4.78 is 0. The predicted octanol–water partition coefficient (Wildman–Crippen LogP) is 2.40. The lowest BCUT2D eigenvalue weighted by molar-refractivity contribution is 0.116. The molecule has 1 aromatic rings. The molecule has 1 fully saturated rings. The van der Waals surface area contributed by atoms with Gasteiger partial charge in [-0.2, -0.15) is 0 Å². The van der Waals surface area contributed by atoms with Crippen LogP contribution in [0.1, 0.15) is 37.0 Å². The Kier molecular flexibility index (Phi) is 1.26. The van der Waals surface area contributed by atoms with Crippen LogP contribution >= 0.6 is 0 Å². The van der Waals surface area contributed by atoms with Crippen LogP contribution in [0.25, 0.3) is 0 Å². The van der Waals surface area contributed by atoms with E-state index in [1.54, 1.807) is 0 Å². The van der Waals surface area contributed by atoms with Crippen molar-refractivity contribution >= 4 is 0 Å². The Morgan fingerprint density at radius 1 is 1.31 bits per heavy atom. The molecule has 1 spiro atoms. The third-order valence-corrected chi connectivity index (χ3v) is 3.95. The van der Waals surface area contributed by atoms with Crippen molar-refractivity contribution in [3.8, 4) is 0 Å². The summed E-state index contributed by atoms with van der Waals surface area (Å²) in [4.78, 5) is 0. The van der Waals surface area contributed by atoms with Crippen LogP contribution in [0.5, 0.6) is 0 Å². The van der Waals surface area contributed by atoms with Crippen LogP contribution < -0.4 is 0 Å². The van der Waals surface area contributed by atoms with E-state index < -0.39 is 0 Å². The van der Waals surface area contributed by atoms with Gasteiger partial charge in [-0.25, -0.2) is 0 Å². The lowest BCUT2D eigenvalue weighted by Gasteiger charge is -2.16. The molecule has 13 heavy (non-hydrogen) atoms. The molecule has 0 aromatic heterocycles. The second-order valence-corrected chi connectivity index (χ2v) is 4.48. The first-order chi connectivity index (χ1) is 6.26. The maximum atomic E-state index is 10.0. The van der Waals surface area contributed by atoms with Crippen molar-refractivity contribution in [3.05, 3.63) is 35.4 Å². The first kappa shape index (κ1) is 7.57. The largest absolute Gasteiger partial charge is 0.388 e. The van der Waals surface area contributed by atoms with Gasteiger partial charge in [0.1, 0.15) is 0 Å². The molecule has 0 amide bonds. The summed E-state index contributed by atoms with van der Waals surface area (Å²) in [5, 5.41) is 10.0. The molecule has 68 valence electrons. The molecule has 0 bridgehead atoms. The van der Waals surface area contributed by atoms with Gasteiger partial charge in [0.15, 0.2) is 0 Å². The number of hydrogen-bond acceptors (Lipinski definition) is 1. The van der Waals surface area contributed by atoms with E-state index in [0.717, 1.165) is 0 Å². The quantitative estimate of drug-likeness (QED) is 0.640. The maximum absolute atomic E-state index is 10.0. The number of aliphatic hydroxyl groups excluding tert-OH is 1. The van der Waals surface area contributed by atoms with Crippen molar-refractivity contribution in [2.75, 3.05) is 0 Å². The van der Waals surface area contributed by atoms with Crippen LogP contribution in [-0.4, -0.2) is 5.11 Å². The van der Waals surface area contributed by atoms with Gasteiger partial charge < -0.3 is 5.11 Å². The second kappa shape index (κ2) is 2.16. The molecule has 1 N–H and O–H groups in total. The van der Waals surface area contributed by atoms with Crippen LogP contribution in [0.3, 0.4) is 0 Å². The third kappa shape index (κ3) is 0.761.